The molecule has 0 saturated heterocycles. The zero-order valence-electron chi connectivity index (χ0n) is 10.2. The van der Waals surface area contributed by atoms with Gasteiger partial charge in [0.25, 0.3) is 0 Å². The molecule has 0 aliphatic rings. The molecule has 0 aromatic carbocycles. The molecule has 3 heteroatoms. The van der Waals surface area contributed by atoms with Crippen molar-refractivity contribution in [1.29, 1.82) is 0 Å². The average molecular weight is 227 g/mol. The first-order valence-corrected chi connectivity index (χ1v) is 5.77. The highest BCUT2D eigenvalue weighted by Gasteiger charge is 2.10. The first-order valence-electron chi connectivity index (χ1n) is 5.77. The minimum atomic E-state index is 0.296. The molecule has 2 rings (SSSR count). The molecule has 0 aliphatic carbocycles. The Morgan fingerprint density at radius 2 is 1.94 bits per heavy atom. The highest BCUT2D eigenvalue weighted by molar-refractivity contribution is 5.23. The van der Waals surface area contributed by atoms with Crippen LogP contribution >= 0.6 is 0 Å². The third-order valence-corrected chi connectivity index (χ3v) is 2.84. The summed E-state index contributed by atoms with van der Waals surface area (Å²) in [7, 11) is 1.98. The van der Waals surface area contributed by atoms with Gasteiger partial charge in [0.2, 0.25) is 0 Å². The molecule has 0 amide bonds. The van der Waals surface area contributed by atoms with Crippen LogP contribution < -0.4 is 5.32 Å². The summed E-state index contributed by atoms with van der Waals surface area (Å²) < 4.78 is 0. The molecule has 1 unspecified atom stereocenters. The van der Waals surface area contributed by atoms with E-state index in [4.69, 9.17) is 0 Å². The molecular formula is C14H17N3. The van der Waals surface area contributed by atoms with Crippen molar-refractivity contribution in [3.8, 4) is 0 Å². The largest absolute Gasteiger partial charge is 0.313 e. The van der Waals surface area contributed by atoms with Gasteiger partial charge >= 0.3 is 0 Å². The Labute approximate surface area is 102 Å². The van der Waals surface area contributed by atoms with Gasteiger partial charge < -0.3 is 5.32 Å². The van der Waals surface area contributed by atoms with Crippen molar-refractivity contribution in [2.45, 2.75) is 19.4 Å². The quantitative estimate of drug-likeness (QED) is 0.870. The lowest BCUT2D eigenvalue weighted by molar-refractivity contribution is 0.589. The first kappa shape index (κ1) is 11.7. The highest BCUT2D eigenvalue weighted by atomic mass is 14.9. The van der Waals surface area contributed by atoms with Crippen LogP contribution in [0, 0.1) is 6.92 Å². The molecule has 3 nitrogen and oxygen atoms in total. The minimum Gasteiger partial charge on any atom is -0.313 e. The molecule has 1 atom stereocenters. The van der Waals surface area contributed by atoms with Crippen LogP contribution in [0.25, 0.3) is 0 Å². The number of nitrogens with zero attached hydrogens (tertiary/aromatic N) is 2. The van der Waals surface area contributed by atoms with Crippen molar-refractivity contribution in [1.82, 2.24) is 15.3 Å². The van der Waals surface area contributed by atoms with Crippen LogP contribution in [0.5, 0.6) is 0 Å². The van der Waals surface area contributed by atoms with Crippen LogP contribution in [0.15, 0.2) is 43.0 Å². The van der Waals surface area contributed by atoms with Crippen LogP contribution in [0.4, 0.5) is 0 Å². The van der Waals surface area contributed by atoms with E-state index in [1.54, 1.807) is 0 Å². The Bertz CT molecular complexity index is 468. The predicted molar refractivity (Wildman–Crippen MR) is 68.7 cm³/mol. The Hall–Kier alpha value is -1.74. The van der Waals surface area contributed by atoms with Crippen molar-refractivity contribution in [3.63, 3.8) is 0 Å². The predicted octanol–water partition coefficient (Wildman–Crippen LogP) is 2.29. The third kappa shape index (κ3) is 3.11. The van der Waals surface area contributed by atoms with Crippen LogP contribution in [0.3, 0.4) is 0 Å². The maximum absolute atomic E-state index is 4.24. The zero-order valence-corrected chi connectivity index (χ0v) is 10.2. The molecule has 2 heterocycles. The molecular weight excluding hydrogens is 210 g/mol. The van der Waals surface area contributed by atoms with E-state index in [1.165, 1.54) is 16.7 Å². The summed E-state index contributed by atoms with van der Waals surface area (Å²) in [5.41, 5.74) is 3.70. The van der Waals surface area contributed by atoms with E-state index in [9.17, 15) is 0 Å². The fourth-order valence-electron chi connectivity index (χ4n) is 1.91. The molecule has 0 aliphatic heterocycles. The van der Waals surface area contributed by atoms with E-state index in [2.05, 4.69) is 28.3 Å². The Balaban J connectivity index is 2.17. The number of rotatable bonds is 4. The summed E-state index contributed by atoms with van der Waals surface area (Å²) in [4.78, 5) is 8.27. The summed E-state index contributed by atoms with van der Waals surface area (Å²) in [5, 5.41) is 3.33. The van der Waals surface area contributed by atoms with Gasteiger partial charge in [-0.05, 0) is 49.2 Å². The molecule has 1 N–H and O–H groups in total. The lowest BCUT2D eigenvalue weighted by Crippen LogP contribution is -2.19. The summed E-state index contributed by atoms with van der Waals surface area (Å²) >= 11 is 0. The molecule has 2 aromatic rings. The number of hydrogen-bond acceptors (Lipinski definition) is 3. The van der Waals surface area contributed by atoms with Crippen molar-refractivity contribution in [3.05, 3.63) is 59.7 Å². The second kappa shape index (κ2) is 5.55. The van der Waals surface area contributed by atoms with Crippen LogP contribution in [0.1, 0.15) is 22.7 Å². The van der Waals surface area contributed by atoms with Gasteiger partial charge in [-0.1, -0.05) is 6.07 Å². The van der Waals surface area contributed by atoms with Gasteiger partial charge in [-0.3, -0.25) is 9.97 Å². The topological polar surface area (TPSA) is 37.8 Å². The fourth-order valence-corrected chi connectivity index (χ4v) is 1.91. The second-order valence-electron chi connectivity index (χ2n) is 4.20. The molecule has 88 valence electrons. The number of pyridine rings is 2. The van der Waals surface area contributed by atoms with Gasteiger partial charge in [0.15, 0.2) is 0 Å². The number of aromatic nitrogens is 2. The van der Waals surface area contributed by atoms with E-state index in [0.29, 0.717) is 6.04 Å². The van der Waals surface area contributed by atoms with E-state index in [0.717, 1.165) is 6.42 Å². The maximum Gasteiger partial charge on any atom is 0.0373 e. The van der Waals surface area contributed by atoms with E-state index in [1.807, 2.05) is 44.0 Å². The molecule has 2 aromatic heterocycles. The first-order chi connectivity index (χ1) is 8.29. The van der Waals surface area contributed by atoms with Gasteiger partial charge in [-0.2, -0.15) is 0 Å². The van der Waals surface area contributed by atoms with Gasteiger partial charge in [0.1, 0.15) is 0 Å². The smallest absolute Gasteiger partial charge is 0.0373 e. The van der Waals surface area contributed by atoms with E-state index >= 15 is 0 Å². The Morgan fingerprint density at radius 3 is 2.59 bits per heavy atom. The van der Waals surface area contributed by atoms with Crippen molar-refractivity contribution >= 4 is 0 Å². The van der Waals surface area contributed by atoms with E-state index < -0.39 is 0 Å². The standard InChI is InChI=1S/C14H17N3/c1-11-7-13(10-17-9-11)14(15-2)8-12-3-5-16-6-4-12/h3-7,9-10,14-15H,8H2,1-2H3. The summed E-state index contributed by atoms with van der Waals surface area (Å²) in [6.45, 7) is 2.07. The van der Waals surface area contributed by atoms with Crippen molar-refractivity contribution in [2.75, 3.05) is 7.05 Å². The van der Waals surface area contributed by atoms with E-state index in [-0.39, 0.29) is 0 Å². The lowest BCUT2D eigenvalue weighted by Gasteiger charge is -2.16. The Morgan fingerprint density at radius 1 is 1.18 bits per heavy atom. The fraction of sp³-hybridized carbons (Fsp3) is 0.286. The normalized spacial score (nSPS) is 12.4. The molecule has 0 bridgehead atoms. The number of hydrogen-bond donors (Lipinski definition) is 1. The van der Waals surface area contributed by atoms with Crippen molar-refractivity contribution in [2.24, 2.45) is 0 Å². The second-order valence-corrected chi connectivity index (χ2v) is 4.20. The molecule has 0 saturated carbocycles. The average Bonchev–Trinajstić information content (AvgIpc) is 2.37. The Kier molecular flexibility index (Phi) is 3.83. The summed E-state index contributed by atoms with van der Waals surface area (Å²) in [6, 6.07) is 6.57. The van der Waals surface area contributed by atoms with Gasteiger partial charge in [-0.25, -0.2) is 0 Å². The number of nitrogens with one attached hydrogen (secondary N) is 1. The van der Waals surface area contributed by atoms with Gasteiger partial charge in [0, 0.05) is 30.8 Å². The summed E-state index contributed by atoms with van der Waals surface area (Å²) in [6.07, 6.45) is 8.41. The number of aryl methyl sites for hydroxylation is 1. The van der Waals surface area contributed by atoms with Gasteiger partial charge in [-0.15, -0.1) is 0 Å². The third-order valence-electron chi connectivity index (χ3n) is 2.84. The number of likely N-dealkylation sites (N-methyl/N-ethyl adjacent to an activating group) is 1. The summed E-state index contributed by atoms with van der Waals surface area (Å²) in [5.74, 6) is 0. The SMILES string of the molecule is CNC(Cc1ccncc1)c1cncc(C)c1. The molecule has 0 fully saturated rings. The molecule has 0 radical (unpaired) electrons. The minimum absolute atomic E-state index is 0.296. The van der Waals surface area contributed by atoms with Crippen LogP contribution in [-0.2, 0) is 6.42 Å². The maximum atomic E-state index is 4.24. The highest BCUT2D eigenvalue weighted by Crippen LogP contribution is 2.17. The lowest BCUT2D eigenvalue weighted by atomic mass is 10.0. The van der Waals surface area contributed by atoms with Crippen molar-refractivity contribution < 1.29 is 0 Å². The van der Waals surface area contributed by atoms with Crippen LogP contribution in [0.2, 0.25) is 0 Å². The monoisotopic (exact) mass is 227 g/mol. The van der Waals surface area contributed by atoms with Crippen LogP contribution in [-0.4, -0.2) is 17.0 Å². The molecule has 17 heavy (non-hydrogen) atoms. The zero-order chi connectivity index (χ0) is 12.1. The molecule has 0 spiro atoms. The van der Waals surface area contributed by atoms with Gasteiger partial charge in [0.05, 0.1) is 0 Å².